The third-order valence-electron chi connectivity index (χ3n) is 6.44. The molecule has 2 aliphatic heterocycles. The SMILES string of the molecule is CC(=O)N(CCc1ccccc1F)C1CC(C)(C)Oc2ccc(C(=O)N3CCCC3)cc21. The smallest absolute Gasteiger partial charge is 0.253 e. The molecular weight excluding hydrogens is 407 g/mol. The average molecular weight is 439 g/mol. The minimum absolute atomic E-state index is 0.0228. The van der Waals surface area contributed by atoms with Gasteiger partial charge in [0.25, 0.3) is 5.91 Å². The molecule has 2 amide bonds. The van der Waals surface area contributed by atoms with Gasteiger partial charge in [-0.05, 0) is 62.9 Å². The molecule has 2 heterocycles. The Morgan fingerprint density at radius 1 is 1.16 bits per heavy atom. The first-order chi connectivity index (χ1) is 15.2. The highest BCUT2D eigenvalue weighted by atomic mass is 19.1. The topological polar surface area (TPSA) is 49.9 Å². The fourth-order valence-electron chi connectivity index (χ4n) is 4.81. The van der Waals surface area contributed by atoms with Gasteiger partial charge in [-0.3, -0.25) is 9.59 Å². The van der Waals surface area contributed by atoms with Crippen molar-refractivity contribution in [2.75, 3.05) is 19.6 Å². The lowest BCUT2D eigenvalue weighted by molar-refractivity contribution is -0.133. The van der Waals surface area contributed by atoms with E-state index in [-0.39, 0.29) is 23.7 Å². The van der Waals surface area contributed by atoms with Crippen LogP contribution in [-0.4, -0.2) is 46.8 Å². The number of rotatable bonds is 5. The third-order valence-corrected chi connectivity index (χ3v) is 6.44. The van der Waals surface area contributed by atoms with E-state index in [1.807, 2.05) is 36.9 Å². The summed E-state index contributed by atoms with van der Waals surface area (Å²) >= 11 is 0. The van der Waals surface area contributed by atoms with E-state index < -0.39 is 5.60 Å². The number of benzene rings is 2. The van der Waals surface area contributed by atoms with Gasteiger partial charge in [0.1, 0.15) is 17.2 Å². The Balaban J connectivity index is 1.65. The molecule has 5 nitrogen and oxygen atoms in total. The minimum Gasteiger partial charge on any atom is -0.487 e. The normalized spacial score (nSPS) is 19.2. The molecular formula is C26H31FN2O3. The molecule has 0 aliphatic carbocycles. The van der Waals surface area contributed by atoms with E-state index >= 15 is 0 Å². The van der Waals surface area contributed by atoms with Gasteiger partial charge in [0.05, 0.1) is 6.04 Å². The second kappa shape index (κ2) is 8.93. The summed E-state index contributed by atoms with van der Waals surface area (Å²) in [6.45, 7) is 7.50. The molecule has 32 heavy (non-hydrogen) atoms. The Morgan fingerprint density at radius 3 is 2.56 bits per heavy atom. The van der Waals surface area contributed by atoms with Crippen LogP contribution in [0.3, 0.4) is 0 Å². The van der Waals surface area contributed by atoms with Gasteiger partial charge >= 0.3 is 0 Å². The molecule has 0 spiro atoms. The van der Waals surface area contributed by atoms with Crippen molar-refractivity contribution in [2.24, 2.45) is 0 Å². The zero-order valence-electron chi connectivity index (χ0n) is 19.1. The monoisotopic (exact) mass is 438 g/mol. The number of hydrogen-bond donors (Lipinski definition) is 0. The average Bonchev–Trinajstić information content (AvgIpc) is 3.28. The van der Waals surface area contributed by atoms with Crippen molar-refractivity contribution in [1.82, 2.24) is 9.80 Å². The van der Waals surface area contributed by atoms with Crippen LogP contribution in [0.1, 0.15) is 67.6 Å². The number of carbonyl (C=O) groups excluding carboxylic acids is 2. The maximum absolute atomic E-state index is 14.2. The van der Waals surface area contributed by atoms with Crippen LogP contribution in [0.15, 0.2) is 42.5 Å². The van der Waals surface area contributed by atoms with Gasteiger partial charge in [0, 0.05) is 44.1 Å². The molecule has 0 radical (unpaired) electrons. The summed E-state index contributed by atoms with van der Waals surface area (Å²) in [6, 6.07) is 12.0. The van der Waals surface area contributed by atoms with E-state index in [2.05, 4.69) is 0 Å². The zero-order chi connectivity index (χ0) is 22.9. The van der Waals surface area contributed by atoms with Gasteiger partial charge in [-0.1, -0.05) is 18.2 Å². The molecule has 0 bridgehead atoms. The predicted molar refractivity (Wildman–Crippen MR) is 121 cm³/mol. The molecule has 1 unspecified atom stereocenters. The van der Waals surface area contributed by atoms with Crippen molar-refractivity contribution in [3.8, 4) is 5.75 Å². The lowest BCUT2D eigenvalue weighted by Gasteiger charge is -2.42. The lowest BCUT2D eigenvalue weighted by atomic mass is 9.87. The van der Waals surface area contributed by atoms with E-state index in [0.717, 1.165) is 31.5 Å². The molecule has 1 saturated heterocycles. The summed E-state index contributed by atoms with van der Waals surface area (Å²) in [7, 11) is 0. The van der Waals surface area contributed by atoms with Gasteiger partial charge in [-0.25, -0.2) is 4.39 Å². The first kappa shape index (κ1) is 22.3. The van der Waals surface area contributed by atoms with Crippen LogP contribution < -0.4 is 4.74 Å². The quantitative estimate of drug-likeness (QED) is 0.677. The van der Waals surface area contributed by atoms with Crippen LogP contribution in [0.25, 0.3) is 0 Å². The fourth-order valence-corrected chi connectivity index (χ4v) is 4.81. The number of fused-ring (bicyclic) bond motifs is 1. The molecule has 0 saturated carbocycles. The number of nitrogens with zero attached hydrogens (tertiary/aromatic N) is 2. The van der Waals surface area contributed by atoms with Gasteiger partial charge in [-0.2, -0.15) is 0 Å². The summed E-state index contributed by atoms with van der Waals surface area (Å²) < 4.78 is 20.4. The predicted octanol–water partition coefficient (Wildman–Crippen LogP) is 4.76. The Labute approximate surface area is 189 Å². The highest BCUT2D eigenvalue weighted by Crippen LogP contribution is 2.43. The van der Waals surface area contributed by atoms with Gasteiger partial charge in [0.2, 0.25) is 5.91 Å². The summed E-state index contributed by atoms with van der Waals surface area (Å²) in [5.41, 5.74) is 1.59. The molecule has 2 aromatic rings. The van der Waals surface area contributed by atoms with Crippen LogP contribution in [0.5, 0.6) is 5.75 Å². The van der Waals surface area contributed by atoms with Crippen LogP contribution in [0, 0.1) is 5.82 Å². The Bertz CT molecular complexity index is 1010. The van der Waals surface area contributed by atoms with E-state index in [1.165, 1.54) is 6.07 Å². The van der Waals surface area contributed by atoms with Crippen LogP contribution in [0.4, 0.5) is 4.39 Å². The molecule has 4 rings (SSSR count). The summed E-state index contributed by atoms with van der Waals surface area (Å²) in [5, 5.41) is 0. The van der Waals surface area contributed by atoms with Crippen molar-refractivity contribution in [1.29, 1.82) is 0 Å². The van der Waals surface area contributed by atoms with Crippen LogP contribution >= 0.6 is 0 Å². The number of likely N-dealkylation sites (tertiary alicyclic amines) is 1. The third kappa shape index (κ3) is 4.64. The van der Waals surface area contributed by atoms with E-state index in [1.54, 1.807) is 30.0 Å². The van der Waals surface area contributed by atoms with E-state index in [9.17, 15) is 14.0 Å². The Morgan fingerprint density at radius 2 is 1.88 bits per heavy atom. The lowest BCUT2D eigenvalue weighted by Crippen LogP contribution is -2.44. The van der Waals surface area contributed by atoms with Crippen molar-refractivity contribution in [3.05, 3.63) is 65.0 Å². The van der Waals surface area contributed by atoms with E-state index in [0.29, 0.717) is 36.3 Å². The number of ether oxygens (including phenoxy) is 1. The van der Waals surface area contributed by atoms with Crippen LogP contribution in [-0.2, 0) is 11.2 Å². The second-order valence-corrected chi connectivity index (χ2v) is 9.39. The first-order valence-corrected chi connectivity index (χ1v) is 11.4. The maximum atomic E-state index is 14.2. The number of carbonyl (C=O) groups is 2. The second-order valence-electron chi connectivity index (χ2n) is 9.39. The number of halogens is 1. The Hall–Kier alpha value is -2.89. The molecule has 0 aromatic heterocycles. The number of hydrogen-bond acceptors (Lipinski definition) is 3. The highest BCUT2D eigenvalue weighted by molar-refractivity contribution is 5.95. The minimum atomic E-state index is -0.468. The van der Waals surface area contributed by atoms with Crippen LogP contribution in [0.2, 0.25) is 0 Å². The van der Waals surface area contributed by atoms with Crippen molar-refractivity contribution >= 4 is 11.8 Å². The molecule has 0 N–H and O–H groups in total. The van der Waals surface area contributed by atoms with Crippen molar-refractivity contribution in [3.63, 3.8) is 0 Å². The van der Waals surface area contributed by atoms with E-state index in [4.69, 9.17) is 4.74 Å². The summed E-state index contributed by atoms with van der Waals surface area (Å²) in [6.07, 6.45) is 3.08. The van der Waals surface area contributed by atoms with Crippen molar-refractivity contribution in [2.45, 2.75) is 58.1 Å². The fraction of sp³-hybridized carbons (Fsp3) is 0.462. The summed E-state index contributed by atoms with van der Waals surface area (Å²) in [4.78, 5) is 29.4. The standard InChI is InChI=1S/C26H31FN2O3/c1-18(30)29(15-12-19-8-4-5-9-22(19)27)23-17-26(2,3)32-24-11-10-20(16-21(23)24)25(31)28-13-6-7-14-28/h4-5,8-11,16,23H,6-7,12-15,17H2,1-3H3. The molecule has 2 aliphatic rings. The maximum Gasteiger partial charge on any atom is 0.253 e. The zero-order valence-corrected chi connectivity index (χ0v) is 19.1. The molecule has 1 fully saturated rings. The van der Waals surface area contributed by atoms with Gasteiger partial charge in [0.15, 0.2) is 0 Å². The van der Waals surface area contributed by atoms with Gasteiger partial charge in [-0.15, -0.1) is 0 Å². The highest BCUT2D eigenvalue weighted by Gasteiger charge is 2.38. The molecule has 1 atom stereocenters. The largest absolute Gasteiger partial charge is 0.487 e. The first-order valence-electron chi connectivity index (χ1n) is 11.4. The van der Waals surface area contributed by atoms with Gasteiger partial charge < -0.3 is 14.5 Å². The van der Waals surface area contributed by atoms with Crippen molar-refractivity contribution < 1.29 is 18.7 Å². The summed E-state index contributed by atoms with van der Waals surface area (Å²) in [5.74, 6) is 0.379. The molecule has 170 valence electrons. The molecule has 6 heteroatoms. The molecule has 2 aromatic carbocycles. The number of amides is 2. The Kier molecular flexibility index (Phi) is 6.22.